The van der Waals surface area contributed by atoms with Gasteiger partial charge in [-0.05, 0) is 30.9 Å². The first-order valence-electron chi connectivity index (χ1n) is 7.29. The molecule has 21 heavy (non-hydrogen) atoms. The van der Waals surface area contributed by atoms with Crippen LogP contribution in [-0.2, 0) is 12.8 Å². The zero-order valence-corrected chi connectivity index (χ0v) is 12.8. The van der Waals surface area contributed by atoms with Crippen LogP contribution in [0.25, 0.3) is 0 Å². The number of aromatic nitrogens is 1. The smallest absolute Gasteiger partial charge is 0.347 e. The summed E-state index contributed by atoms with van der Waals surface area (Å²) < 4.78 is 0. The fourth-order valence-electron chi connectivity index (χ4n) is 2.76. The van der Waals surface area contributed by atoms with Gasteiger partial charge in [0.25, 0.3) is 0 Å². The number of para-hydroxylation sites is 1. The third-order valence-electron chi connectivity index (χ3n) is 3.71. The lowest BCUT2D eigenvalue weighted by atomic mass is 10.0. The summed E-state index contributed by atoms with van der Waals surface area (Å²) in [6.45, 7) is 2.94. The van der Waals surface area contributed by atoms with Crippen LogP contribution >= 0.6 is 11.3 Å². The van der Waals surface area contributed by atoms with Crippen LogP contribution in [0.5, 0.6) is 0 Å². The van der Waals surface area contributed by atoms with E-state index < -0.39 is 5.97 Å². The van der Waals surface area contributed by atoms with Gasteiger partial charge in [-0.25, -0.2) is 9.78 Å². The Morgan fingerprint density at radius 3 is 3.00 bits per heavy atom. The molecule has 2 aromatic rings. The molecule has 0 saturated carbocycles. The van der Waals surface area contributed by atoms with Gasteiger partial charge in [-0.15, -0.1) is 0 Å². The molecule has 0 amide bonds. The Morgan fingerprint density at radius 1 is 1.43 bits per heavy atom. The van der Waals surface area contributed by atoms with Gasteiger partial charge in [0.15, 0.2) is 5.13 Å². The van der Waals surface area contributed by atoms with Crippen LogP contribution in [0.2, 0.25) is 0 Å². The summed E-state index contributed by atoms with van der Waals surface area (Å²) in [5.74, 6) is -0.868. The maximum atomic E-state index is 11.4. The first-order valence-corrected chi connectivity index (χ1v) is 8.10. The van der Waals surface area contributed by atoms with Gasteiger partial charge in [-0.2, -0.15) is 0 Å². The van der Waals surface area contributed by atoms with Crippen molar-refractivity contribution in [2.75, 3.05) is 11.4 Å². The summed E-state index contributed by atoms with van der Waals surface area (Å²) >= 11 is 1.29. The molecule has 3 rings (SSSR count). The van der Waals surface area contributed by atoms with Gasteiger partial charge in [0.05, 0.1) is 5.69 Å². The number of aryl methyl sites for hydroxylation is 2. The summed E-state index contributed by atoms with van der Waals surface area (Å²) in [6.07, 6.45) is 3.77. The number of thiazole rings is 1. The van der Waals surface area contributed by atoms with E-state index in [0.29, 0.717) is 17.0 Å². The van der Waals surface area contributed by atoms with Crippen LogP contribution in [0, 0.1) is 0 Å². The molecule has 0 atom stereocenters. The number of rotatable bonds is 4. The lowest BCUT2D eigenvalue weighted by Gasteiger charge is -2.28. The molecular weight excluding hydrogens is 284 g/mol. The molecule has 0 saturated heterocycles. The van der Waals surface area contributed by atoms with Crippen LogP contribution in [0.3, 0.4) is 0 Å². The first-order chi connectivity index (χ1) is 10.2. The van der Waals surface area contributed by atoms with E-state index in [1.165, 1.54) is 16.9 Å². The van der Waals surface area contributed by atoms with E-state index in [1.807, 2.05) is 13.0 Å². The molecule has 5 heteroatoms. The van der Waals surface area contributed by atoms with Gasteiger partial charge in [0.2, 0.25) is 0 Å². The molecule has 1 aromatic heterocycles. The Morgan fingerprint density at radius 2 is 2.24 bits per heavy atom. The highest BCUT2D eigenvalue weighted by atomic mass is 32.1. The number of carboxylic acid groups (broad SMARTS) is 1. The number of aromatic carboxylic acids is 1. The molecule has 1 aliphatic heterocycles. The second-order valence-electron chi connectivity index (χ2n) is 5.21. The van der Waals surface area contributed by atoms with Crippen molar-refractivity contribution in [2.24, 2.45) is 0 Å². The second-order valence-corrected chi connectivity index (χ2v) is 6.19. The third-order valence-corrected chi connectivity index (χ3v) is 4.82. The average molecular weight is 302 g/mol. The predicted molar refractivity (Wildman–Crippen MR) is 84.8 cm³/mol. The summed E-state index contributed by atoms with van der Waals surface area (Å²) in [4.78, 5) is 18.5. The zero-order chi connectivity index (χ0) is 14.8. The molecule has 1 aromatic carbocycles. The Bertz CT molecular complexity index is 666. The van der Waals surface area contributed by atoms with Crippen LogP contribution in [-0.4, -0.2) is 22.6 Å². The number of fused-ring (bicyclic) bond motifs is 1. The Labute approximate surface area is 128 Å². The molecule has 110 valence electrons. The number of nitrogens with zero attached hydrogens (tertiary/aromatic N) is 2. The monoisotopic (exact) mass is 302 g/mol. The van der Waals surface area contributed by atoms with Crippen LogP contribution in [0.1, 0.15) is 40.7 Å². The maximum absolute atomic E-state index is 11.4. The van der Waals surface area contributed by atoms with Gasteiger partial charge in [0.1, 0.15) is 4.88 Å². The third kappa shape index (κ3) is 2.65. The standard InChI is InChI=1S/C16H18N2O2S/c1-2-6-12-14(15(19)20)21-16(17-12)18-10-5-8-11-7-3-4-9-13(11)18/h3-4,7,9H,2,5-6,8,10H2,1H3,(H,19,20). The minimum absolute atomic E-state index is 0.384. The Balaban J connectivity index is 2.02. The summed E-state index contributed by atoms with van der Waals surface area (Å²) in [6, 6.07) is 8.31. The van der Waals surface area contributed by atoms with Gasteiger partial charge in [0, 0.05) is 12.2 Å². The molecule has 1 N–H and O–H groups in total. The normalized spacial score (nSPS) is 14.0. The highest BCUT2D eigenvalue weighted by molar-refractivity contribution is 7.17. The summed E-state index contributed by atoms with van der Waals surface area (Å²) in [5, 5.41) is 10.2. The molecule has 4 nitrogen and oxygen atoms in total. The molecule has 0 fully saturated rings. The van der Waals surface area contributed by atoms with E-state index in [1.54, 1.807) is 0 Å². The molecule has 1 aliphatic rings. The molecule has 0 spiro atoms. The number of benzene rings is 1. The largest absolute Gasteiger partial charge is 0.477 e. The lowest BCUT2D eigenvalue weighted by Crippen LogP contribution is -2.24. The van der Waals surface area contributed by atoms with Crippen molar-refractivity contribution in [3.8, 4) is 0 Å². The SMILES string of the molecule is CCCc1nc(N2CCCc3ccccc32)sc1C(=O)O. The van der Waals surface area contributed by atoms with E-state index in [2.05, 4.69) is 28.1 Å². The van der Waals surface area contributed by atoms with Crippen LogP contribution < -0.4 is 4.90 Å². The average Bonchev–Trinajstić information content (AvgIpc) is 2.91. The molecule has 2 heterocycles. The Hall–Kier alpha value is -1.88. The van der Waals surface area contributed by atoms with Crippen molar-refractivity contribution in [1.82, 2.24) is 4.98 Å². The lowest BCUT2D eigenvalue weighted by molar-refractivity contribution is 0.0700. The number of carboxylic acids is 1. The van der Waals surface area contributed by atoms with Crippen molar-refractivity contribution in [3.05, 3.63) is 40.4 Å². The topological polar surface area (TPSA) is 53.4 Å². The highest BCUT2D eigenvalue weighted by Crippen LogP contribution is 2.37. The van der Waals surface area contributed by atoms with E-state index in [0.717, 1.165) is 36.6 Å². The van der Waals surface area contributed by atoms with Crippen LogP contribution in [0.4, 0.5) is 10.8 Å². The van der Waals surface area contributed by atoms with Crippen molar-refractivity contribution in [2.45, 2.75) is 32.6 Å². The van der Waals surface area contributed by atoms with E-state index >= 15 is 0 Å². The van der Waals surface area contributed by atoms with Crippen molar-refractivity contribution < 1.29 is 9.90 Å². The minimum Gasteiger partial charge on any atom is -0.477 e. The molecule has 0 aliphatic carbocycles. The molecule has 0 bridgehead atoms. The van der Waals surface area contributed by atoms with E-state index in [9.17, 15) is 9.90 Å². The van der Waals surface area contributed by atoms with E-state index in [-0.39, 0.29) is 0 Å². The van der Waals surface area contributed by atoms with Gasteiger partial charge in [-0.3, -0.25) is 0 Å². The zero-order valence-electron chi connectivity index (χ0n) is 12.0. The van der Waals surface area contributed by atoms with E-state index in [4.69, 9.17) is 0 Å². The van der Waals surface area contributed by atoms with Gasteiger partial charge >= 0.3 is 5.97 Å². The second kappa shape index (κ2) is 5.85. The molecular formula is C16H18N2O2S. The van der Waals surface area contributed by atoms with Crippen molar-refractivity contribution in [1.29, 1.82) is 0 Å². The first kappa shape index (κ1) is 14.1. The number of carbonyl (C=O) groups is 1. The van der Waals surface area contributed by atoms with Crippen molar-refractivity contribution in [3.63, 3.8) is 0 Å². The predicted octanol–water partition coefficient (Wildman–Crippen LogP) is 3.88. The van der Waals surface area contributed by atoms with Crippen molar-refractivity contribution >= 4 is 28.1 Å². The fraction of sp³-hybridized carbons (Fsp3) is 0.375. The molecule has 0 unspecified atom stereocenters. The summed E-state index contributed by atoms with van der Waals surface area (Å²) in [5.41, 5.74) is 3.19. The maximum Gasteiger partial charge on any atom is 0.347 e. The molecule has 0 radical (unpaired) electrons. The van der Waals surface area contributed by atoms with Gasteiger partial charge in [-0.1, -0.05) is 42.9 Å². The minimum atomic E-state index is -0.868. The number of anilines is 2. The summed E-state index contributed by atoms with van der Waals surface area (Å²) in [7, 11) is 0. The quantitative estimate of drug-likeness (QED) is 0.931. The fourth-order valence-corrected chi connectivity index (χ4v) is 3.75. The van der Waals surface area contributed by atoms with Crippen LogP contribution in [0.15, 0.2) is 24.3 Å². The highest BCUT2D eigenvalue weighted by Gasteiger charge is 2.24. The number of hydrogen-bond donors (Lipinski definition) is 1. The van der Waals surface area contributed by atoms with Gasteiger partial charge < -0.3 is 10.0 Å². The number of hydrogen-bond acceptors (Lipinski definition) is 4. The Kier molecular flexibility index (Phi) is 3.92.